The van der Waals surface area contributed by atoms with E-state index in [-0.39, 0.29) is 5.92 Å². The predicted octanol–water partition coefficient (Wildman–Crippen LogP) is 5.32. The van der Waals surface area contributed by atoms with Crippen molar-refractivity contribution in [1.29, 1.82) is 0 Å². The van der Waals surface area contributed by atoms with Gasteiger partial charge in [0.2, 0.25) is 0 Å². The molecule has 1 aliphatic rings. The number of allylic oxidation sites excluding steroid dienone is 4. The van der Waals surface area contributed by atoms with Crippen molar-refractivity contribution < 1.29 is 4.79 Å². The average Bonchev–Trinajstić information content (AvgIpc) is 2.58. The highest BCUT2D eigenvalue weighted by molar-refractivity contribution is 6.00. The van der Waals surface area contributed by atoms with Crippen molar-refractivity contribution >= 4 is 5.78 Å². The molecule has 1 heteroatoms. The lowest BCUT2D eigenvalue weighted by atomic mass is 9.75. The summed E-state index contributed by atoms with van der Waals surface area (Å²) in [6.07, 6.45) is 8.20. The molecule has 2 unspecified atom stereocenters. The van der Waals surface area contributed by atoms with Crippen LogP contribution < -0.4 is 0 Å². The Morgan fingerprint density at radius 1 is 1.37 bits per heavy atom. The number of carbonyl (C=O) groups is 1. The monoisotopic (exact) mass is 262 g/mol. The van der Waals surface area contributed by atoms with Crippen LogP contribution in [0.3, 0.4) is 0 Å². The molecule has 1 aliphatic carbocycles. The molecule has 0 saturated carbocycles. The summed E-state index contributed by atoms with van der Waals surface area (Å²) >= 11 is 0. The topological polar surface area (TPSA) is 17.1 Å². The second-order valence-corrected chi connectivity index (χ2v) is 7.14. The maximum Gasteiger partial charge on any atom is 0.162 e. The molecule has 0 aromatic rings. The van der Waals surface area contributed by atoms with E-state index in [4.69, 9.17) is 0 Å². The van der Waals surface area contributed by atoms with E-state index in [0.29, 0.717) is 17.1 Å². The van der Waals surface area contributed by atoms with Crippen molar-refractivity contribution in [3.8, 4) is 0 Å². The standard InChI is InChI=1S/C18H30O/c1-7-9-10-15-13(3)11-16(17(15)19)14(8-2)12-18(4,5)6/h7,9,14,16H,8,10-12H2,1-6H3/b9-7-. The first-order valence-electron chi connectivity index (χ1n) is 7.64. The zero-order valence-corrected chi connectivity index (χ0v) is 13.5. The van der Waals surface area contributed by atoms with Gasteiger partial charge in [-0.1, -0.05) is 51.8 Å². The van der Waals surface area contributed by atoms with Crippen LogP contribution >= 0.6 is 0 Å². The summed E-state index contributed by atoms with van der Waals surface area (Å²) in [4.78, 5) is 12.6. The molecule has 0 heterocycles. The van der Waals surface area contributed by atoms with Gasteiger partial charge in [0.25, 0.3) is 0 Å². The summed E-state index contributed by atoms with van der Waals surface area (Å²) in [6.45, 7) is 13.2. The molecule has 0 amide bonds. The van der Waals surface area contributed by atoms with Gasteiger partial charge in [0.05, 0.1) is 0 Å². The highest BCUT2D eigenvalue weighted by Gasteiger charge is 2.36. The van der Waals surface area contributed by atoms with Crippen LogP contribution in [-0.2, 0) is 4.79 Å². The van der Waals surface area contributed by atoms with Crippen LogP contribution in [0.15, 0.2) is 23.3 Å². The van der Waals surface area contributed by atoms with E-state index in [1.54, 1.807) is 0 Å². The van der Waals surface area contributed by atoms with E-state index in [2.05, 4.69) is 40.7 Å². The number of carbonyl (C=O) groups excluding carboxylic acids is 1. The van der Waals surface area contributed by atoms with Gasteiger partial charge in [-0.15, -0.1) is 0 Å². The van der Waals surface area contributed by atoms with Crippen LogP contribution in [0.5, 0.6) is 0 Å². The normalized spacial score (nSPS) is 22.6. The van der Waals surface area contributed by atoms with E-state index >= 15 is 0 Å². The van der Waals surface area contributed by atoms with Crippen LogP contribution in [0.2, 0.25) is 0 Å². The highest BCUT2D eigenvalue weighted by atomic mass is 16.1. The second kappa shape index (κ2) is 6.54. The first-order valence-corrected chi connectivity index (χ1v) is 7.64. The number of Topliss-reactive ketones (excluding diaryl/α,β-unsaturated/α-hetero) is 1. The molecule has 0 N–H and O–H groups in total. The van der Waals surface area contributed by atoms with E-state index in [9.17, 15) is 4.79 Å². The summed E-state index contributed by atoms with van der Waals surface area (Å²) in [5, 5.41) is 0. The number of hydrogen-bond donors (Lipinski definition) is 0. The number of hydrogen-bond acceptors (Lipinski definition) is 1. The van der Waals surface area contributed by atoms with Gasteiger partial charge in [-0.05, 0) is 50.0 Å². The Labute approximate surface area is 119 Å². The van der Waals surface area contributed by atoms with Crippen molar-refractivity contribution in [2.45, 2.75) is 67.2 Å². The van der Waals surface area contributed by atoms with Gasteiger partial charge in [0.15, 0.2) is 5.78 Å². The van der Waals surface area contributed by atoms with Crippen LogP contribution in [-0.4, -0.2) is 5.78 Å². The molecule has 0 aromatic carbocycles. The first-order chi connectivity index (χ1) is 8.80. The third-order valence-electron chi connectivity index (χ3n) is 4.20. The van der Waals surface area contributed by atoms with E-state index < -0.39 is 0 Å². The van der Waals surface area contributed by atoms with Gasteiger partial charge in [-0.3, -0.25) is 4.79 Å². The Bertz CT molecular complexity index is 379. The molecule has 0 aliphatic heterocycles. The summed E-state index contributed by atoms with van der Waals surface area (Å²) in [6, 6.07) is 0. The maximum atomic E-state index is 12.6. The van der Waals surface area contributed by atoms with Crippen LogP contribution in [0.4, 0.5) is 0 Å². The minimum Gasteiger partial charge on any atom is -0.294 e. The third-order valence-corrected chi connectivity index (χ3v) is 4.20. The lowest BCUT2D eigenvalue weighted by Crippen LogP contribution is -2.25. The first kappa shape index (κ1) is 16.2. The third kappa shape index (κ3) is 4.33. The Balaban J connectivity index is 2.80. The van der Waals surface area contributed by atoms with Gasteiger partial charge < -0.3 is 0 Å². The largest absolute Gasteiger partial charge is 0.294 e. The van der Waals surface area contributed by atoms with E-state index in [1.165, 1.54) is 5.57 Å². The molecular formula is C18H30O. The minimum atomic E-state index is 0.240. The Morgan fingerprint density at radius 3 is 2.47 bits per heavy atom. The summed E-state index contributed by atoms with van der Waals surface area (Å²) in [7, 11) is 0. The maximum absolute atomic E-state index is 12.6. The zero-order valence-electron chi connectivity index (χ0n) is 13.5. The molecule has 0 bridgehead atoms. The van der Waals surface area contributed by atoms with E-state index in [1.807, 2.05) is 13.0 Å². The quantitative estimate of drug-likeness (QED) is 0.613. The molecule has 0 fully saturated rings. The zero-order chi connectivity index (χ0) is 14.6. The smallest absolute Gasteiger partial charge is 0.162 e. The van der Waals surface area contributed by atoms with Crippen molar-refractivity contribution in [2.75, 3.05) is 0 Å². The van der Waals surface area contributed by atoms with Crippen molar-refractivity contribution in [1.82, 2.24) is 0 Å². The molecule has 0 aromatic heterocycles. The van der Waals surface area contributed by atoms with Crippen molar-refractivity contribution in [3.63, 3.8) is 0 Å². The minimum absolute atomic E-state index is 0.240. The van der Waals surface area contributed by atoms with E-state index in [0.717, 1.165) is 31.3 Å². The lowest BCUT2D eigenvalue weighted by molar-refractivity contribution is -0.120. The van der Waals surface area contributed by atoms with Gasteiger partial charge >= 0.3 is 0 Å². The summed E-state index contributed by atoms with van der Waals surface area (Å²) < 4.78 is 0. The van der Waals surface area contributed by atoms with Crippen LogP contribution in [0.25, 0.3) is 0 Å². The highest BCUT2D eigenvalue weighted by Crippen LogP contribution is 2.40. The summed E-state index contributed by atoms with van der Waals surface area (Å²) in [5.41, 5.74) is 2.71. The Morgan fingerprint density at radius 2 is 2.00 bits per heavy atom. The molecular weight excluding hydrogens is 232 g/mol. The molecule has 108 valence electrons. The fourth-order valence-corrected chi connectivity index (χ4v) is 3.23. The molecule has 0 saturated heterocycles. The fourth-order valence-electron chi connectivity index (χ4n) is 3.23. The van der Waals surface area contributed by atoms with Gasteiger partial charge in [-0.2, -0.15) is 0 Å². The van der Waals surface area contributed by atoms with Gasteiger partial charge in [-0.25, -0.2) is 0 Å². The Hall–Kier alpha value is -0.850. The lowest BCUT2D eigenvalue weighted by Gasteiger charge is -2.29. The Kier molecular flexibility index (Phi) is 5.58. The van der Waals surface area contributed by atoms with Crippen molar-refractivity contribution in [2.24, 2.45) is 17.3 Å². The predicted molar refractivity (Wildman–Crippen MR) is 83.1 cm³/mol. The van der Waals surface area contributed by atoms with Crippen LogP contribution in [0.1, 0.15) is 67.2 Å². The molecule has 19 heavy (non-hydrogen) atoms. The molecule has 0 radical (unpaired) electrons. The fraction of sp³-hybridized carbons (Fsp3) is 0.722. The van der Waals surface area contributed by atoms with Gasteiger partial charge in [0.1, 0.15) is 0 Å². The second-order valence-electron chi connectivity index (χ2n) is 7.14. The number of rotatable bonds is 5. The average molecular weight is 262 g/mol. The SMILES string of the molecule is C/C=C\CC1=C(C)CC(C(CC)CC(C)(C)C)C1=O. The molecule has 2 atom stereocenters. The molecule has 0 spiro atoms. The van der Waals surface area contributed by atoms with Gasteiger partial charge in [0, 0.05) is 5.92 Å². The molecule has 1 rings (SSSR count). The summed E-state index contributed by atoms with van der Waals surface area (Å²) in [5.74, 6) is 1.20. The van der Waals surface area contributed by atoms with Crippen molar-refractivity contribution in [3.05, 3.63) is 23.3 Å². The van der Waals surface area contributed by atoms with Crippen LogP contribution in [0, 0.1) is 17.3 Å². The number of ketones is 1. The molecule has 1 nitrogen and oxygen atoms in total.